The predicted octanol–water partition coefficient (Wildman–Crippen LogP) is 6.21. The third kappa shape index (κ3) is 4.35. The molecule has 6 heteroatoms. The van der Waals surface area contributed by atoms with Crippen LogP contribution < -0.4 is 10.4 Å². The predicted molar refractivity (Wildman–Crippen MR) is 141 cm³/mol. The lowest BCUT2D eigenvalue weighted by molar-refractivity contribution is -0.358. The average Bonchev–Trinajstić information content (AvgIpc) is 3.18. The first-order valence-electron chi connectivity index (χ1n) is 12.8. The highest BCUT2D eigenvalue weighted by molar-refractivity contribution is 9.09. The molecule has 3 aliphatic rings. The van der Waals surface area contributed by atoms with Gasteiger partial charge in [-0.2, -0.15) is 9.78 Å². The summed E-state index contributed by atoms with van der Waals surface area (Å²) >= 11 is 3.82. The molecule has 0 radical (unpaired) electrons. The molecule has 1 saturated heterocycles. The molecule has 0 amide bonds. The van der Waals surface area contributed by atoms with E-state index < -0.39 is 19.9 Å². The second-order valence-electron chi connectivity index (χ2n) is 11.2. The smallest absolute Gasteiger partial charge is 0.261 e. The molecule has 2 saturated carbocycles. The summed E-state index contributed by atoms with van der Waals surface area (Å²) in [4.78, 5) is 12.2. The Morgan fingerprint density at radius 1 is 0.853 bits per heavy atom. The number of hydrogen-bond donors (Lipinski definition) is 0. The first-order chi connectivity index (χ1) is 16.3. The Morgan fingerprint density at radius 2 is 1.50 bits per heavy atom. The van der Waals surface area contributed by atoms with Crippen molar-refractivity contribution in [3.8, 4) is 0 Å². The Hall–Kier alpha value is -1.02. The lowest BCUT2D eigenvalue weighted by Gasteiger charge is -2.47. The van der Waals surface area contributed by atoms with Crippen molar-refractivity contribution < 1.29 is 18.9 Å². The molecule has 4 nitrogen and oxygen atoms in total. The lowest BCUT2D eigenvalue weighted by atomic mass is 9.90. The van der Waals surface area contributed by atoms with Crippen molar-refractivity contribution >= 4 is 34.6 Å². The average molecular weight is 546 g/mol. The summed E-state index contributed by atoms with van der Waals surface area (Å²) in [5.74, 6) is -1.39. The Kier molecular flexibility index (Phi) is 6.86. The lowest BCUT2D eigenvalue weighted by Crippen LogP contribution is -2.68. The summed E-state index contributed by atoms with van der Waals surface area (Å²) in [6, 6.07) is 21.7. The van der Waals surface area contributed by atoms with Crippen molar-refractivity contribution in [2.45, 2.75) is 99.7 Å². The molecule has 4 atom stereocenters. The SMILES string of the molecule is CC(C)(C)[Si](O[C@@H]1CCC[C@]2(C1)OOC1(CCCCC1Br)O2)(c1ccccc1)c1ccccc1. The van der Waals surface area contributed by atoms with Gasteiger partial charge in [-0.25, -0.2) is 0 Å². The van der Waals surface area contributed by atoms with E-state index in [2.05, 4.69) is 97.4 Å². The van der Waals surface area contributed by atoms with Gasteiger partial charge in [-0.15, -0.1) is 0 Å². The minimum Gasteiger partial charge on any atom is -0.404 e. The van der Waals surface area contributed by atoms with E-state index in [0.717, 1.165) is 38.5 Å². The summed E-state index contributed by atoms with van der Waals surface area (Å²) in [5, 5.41) is 2.56. The largest absolute Gasteiger partial charge is 0.404 e. The van der Waals surface area contributed by atoms with Crippen LogP contribution in [0, 0.1) is 0 Å². The molecule has 5 rings (SSSR count). The van der Waals surface area contributed by atoms with Gasteiger partial charge < -0.3 is 9.16 Å². The first kappa shape index (κ1) is 24.7. The van der Waals surface area contributed by atoms with Gasteiger partial charge >= 0.3 is 0 Å². The number of benzene rings is 2. The van der Waals surface area contributed by atoms with Crippen molar-refractivity contribution in [3.63, 3.8) is 0 Å². The van der Waals surface area contributed by atoms with Crippen LogP contribution in [-0.4, -0.2) is 30.8 Å². The molecule has 2 unspecified atom stereocenters. The van der Waals surface area contributed by atoms with Gasteiger partial charge in [0.1, 0.15) is 0 Å². The van der Waals surface area contributed by atoms with Crippen molar-refractivity contribution in [2.75, 3.05) is 0 Å². The third-order valence-electron chi connectivity index (χ3n) is 7.79. The molecular formula is C28H37BrO4Si. The number of halogens is 1. The molecule has 2 aliphatic carbocycles. The zero-order valence-corrected chi connectivity index (χ0v) is 23.2. The maximum absolute atomic E-state index is 7.42. The summed E-state index contributed by atoms with van der Waals surface area (Å²) in [6.07, 6.45) is 7.77. The summed E-state index contributed by atoms with van der Waals surface area (Å²) in [7, 11) is -2.63. The number of hydrogen-bond acceptors (Lipinski definition) is 4. The zero-order chi connectivity index (χ0) is 23.9. The van der Waals surface area contributed by atoms with E-state index in [0.29, 0.717) is 6.42 Å². The molecule has 1 aliphatic heterocycles. The van der Waals surface area contributed by atoms with Gasteiger partial charge in [0, 0.05) is 19.3 Å². The van der Waals surface area contributed by atoms with E-state index in [4.69, 9.17) is 18.9 Å². The minimum atomic E-state index is -2.63. The van der Waals surface area contributed by atoms with Crippen LogP contribution in [0.5, 0.6) is 0 Å². The fourth-order valence-electron chi connectivity index (χ4n) is 6.14. The number of ether oxygens (including phenoxy) is 1. The molecule has 2 aromatic carbocycles. The Balaban J connectivity index is 1.48. The molecule has 0 bridgehead atoms. The van der Waals surface area contributed by atoms with E-state index in [9.17, 15) is 0 Å². The maximum Gasteiger partial charge on any atom is 0.261 e. The molecule has 184 valence electrons. The highest BCUT2D eigenvalue weighted by Gasteiger charge is 2.59. The zero-order valence-electron chi connectivity index (χ0n) is 20.6. The van der Waals surface area contributed by atoms with Crippen LogP contribution in [-0.2, 0) is 18.9 Å². The quantitative estimate of drug-likeness (QED) is 0.260. The van der Waals surface area contributed by atoms with Gasteiger partial charge in [-0.3, -0.25) is 0 Å². The molecule has 2 spiro atoms. The van der Waals surface area contributed by atoms with Crippen LogP contribution in [0.25, 0.3) is 0 Å². The summed E-state index contributed by atoms with van der Waals surface area (Å²) in [5.41, 5.74) is 0. The third-order valence-corrected chi connectivity index (χ3v) is 14.0. The standard InChI is InChI=1S/C28H37BrO4Si/c1-26(2,3)34(23-14-6-4-7-15-23,24-16-8-5-9-17-24)30-22-13-12-19-27(21-22)31-28(33-32-27)20-11-10-18-25(28)29/h4-9,14-17,22,25H,10-13,18-21H2,1-3H3/t22-,25?,27-,28?/m1/s1. The topological polar surface area (TPSA) is 36.9 Å². The van der Waals surface area contributed by atoms with Gasteiger partial charge in [-0.05, 0) is 41.1 Å². The number of alkyl halides is 1. The monoisotopic (exact) mass is 544 g/mol. The van der Waals surface area contributed by atoms with E-state index >= 15 is 0 Å². The molecule has 0 aromatic heterocycles. The second kappa shape index (κ2) is 9.45. The normalized spacial score (nSPS) is 32.4. The Labute approximate surface area is 213 Å². The molecule has 1 heterocycles. The van der Waals surface area contributed by atoms with E-state index in [1.807, 2.05) is 0 Å². The summed E-state index contributed by atoms with van der Waals surface area (Å²) in [6.45, 7) is 6.99. The van der Waals surface area contributed by atoms with Crippen LogP contribution in [0.3, 0.4) is 0 Å². The van der Waals surface area contributed by atoms with Gasteiger partial charge in [0.2, 0.25) is 11.6 Å². The van der Waals surface area contributed by atoms with Crippen LogP contribution >= 0.6 is 15.9 Å². The Bertz CT molecular complexity index is 926. The maximum atomic E-state index is 7.42. The fourth-order valence-corrected chi connectivity index (χ4v) is 11.6. The molecular weight excluding hydrogens is 508 g/mol. The van der Waals surface area contributed by atoms with Gasteiger partial charge in [0.15, 0.2) is 0 Å². The van der Waals surface area contributed by atoms with Crippen molar-refractivity contribution in [1.82, 2.24) is 0 Å². The molecule has 3 fully saturated rings. The minimum absolute atomic E-state index is 0.0381. The van der Waals surface area contributed by atoms with Crippen molar-refractivity contribution in [3.05, 3.63) is 60.7 Å². The van der Waals surface area contributed by atoms with Gasteiger partial charge in [0.25, 0.3) is 8.32 Å². The highest BCUT2D eigenvalue weighted by Crippen LogP contribution is 2.51. The van der Waals surface area contributed by atoms with Crippen molar-refractivity contribution in [1.29, 1.82) is 0 Å². The molecule has 34 heavy (non-hydrogen) atoms. The van der Waals surface area contributed by atoms with E-state index in [1.54, 1.807) is 0 Å². The van der Waals surface area contributed by atoms with Crippen LogP contribution in [0.2, 0.25) is 5.04 Å². The van der Waals surface area contributed by atoms with Gasteiger partial charge in [-0.1, -0.05) is 104 Å². The van der Waals surface area contributed by atoms with E-state index in [1.165, 1.54) is 16.8 Å². The summed E-state index contributed by atoms with van der Waals surface area (Å²) < 4.78 is 14.1. The second-order valence-corrected chi connectivity index (χ2v) is 16.6. The molecule has 2 aromatic rings. The van der Waals surface area contributed by atoms with E-state index in [-0.39, 0.29) is 16.0 Å². The highest BCUT2D eigenvalue weighted by atomic mass is 79.9. The van der Waals surface area contributed by atoms with Gasteiger partial charge in [0.05, 0.1) is 10.9 Å². The van der Waals surface area contributed by atoms with Crippen LogP contribution in [0.4, 0.5) is 0 Å². The Morgan fingerprint density at radius 3 is 2.09 bits per heavy atom. The first-order valence-corrected chi connectivity index (χ1v) is 15.6. The van der Waals surface area contributed by atoms with Crippen LogP contribution in [0.1, 0.15) is 72.1 Å². The number of rotatable bonds is 4. The van der Waals surface area contributed by atoms with Crippen molar-refractivity contribution in [2.24, 2.45) is 0 Å². The van der Waals surface area contributed by atoms with Crippen LogP contribution in [0.15, 0.2) is 60.7 Å². The fraction of sp³-hybridized carbons (Fsp3) is 0.571. The molecule has 0 N–H and O–H groups in total.